The van der Waals surface area contributed by atoms with Gasteiger partial charge >= 0.3 is 0 Å². The fourth-order valence-corrected chi connectivity index (χ4v) is 2.26. The highest BCUT2D eigenvalue weighted by Crippen LogP contribution is 2.20. The predicted molar refractivity (Wildman–Crippen MR) is 59.9 cm³/mol. The first-order valence-electron chi connectivity index (χ1n) is 5.85. The van der Waals surface area contributed by atoms with Crippen molar-refractivity contribution in [2.45, 2.75) is 39.7 Å². The average molecular weight is 209 g/mol. The lowest BCUT2D eigenvalue weighted by Crippen LogP contribution is -2.41. The van der Waals surface area contributed by atoms with E-state index < -0.39 is 0 Å². The van der Waals surface area contributed by atoms with Crippen molar-refractivity contribution in [1.29, 1.82) is 0 Å². The molecular formula is C11H19N3O. The van der Waals surface area contributed by atoms with E-state index >= 15 is 0 Å². The number of hydrogen-bond acceptors (Lipinski definition) is 2. The topological polar surface area (TPSA) is 35.1 Å². The second kappa shape index (κ2) is 4.13. The summed E-state index contributed by atoms with van der Waals surface area (Å²) in [6, 6.07) is 2.04. The minimum atomic E-state index is 0.745. The first-order valence-corrected chi connectivity index (χ1v) is 5.85. The summed E-state index contributed by atoms with van der Waals surface area (Å²) in [6.07, 6.45) is 3.29. The second-order valence-corrected chi connectivity index (χ2v) is 4.03. The minimum absolute atomic E-state index is 0.745. The molecule has 1 fully saturated rings. The van der Waals surface area contributed by atoms with E-state index in [1.54, 1.807) is 0 Å². The van der Waals surface area contributed by atoms with E-state index in [9.17, 15) is 5.21 Å². The fourth-order valence-electron chi connectivity index (χ4n) is 2.26. The molecule has 0 N–H and O–H groups in total. The SMILES string of the molecule is CCc1cc(N2CCCC2)n(CC)[n+]1[O-]. The largest absolute Gasteiger partial charge is 0.596 e. The molecule has 1 aliphatic rings. The van der Waals surface area contributed by atoms with Gasteiger partial charge in [-0.25, -0.2) is 0 Å². The molecule has 1 aliphatic heterocycles. The molecule has 1 saturated heterocycles. The maximum Gasteiger partial charge on any atom is 0.223 e. The lowest BCUT2D eigenvalue weighted by molar-refractivity contribution is -0.699. The third-order valence-electron chi connectivity index (χ3n) is 3.12. The van der Waals surface area contributed by atoms with E-state index in [4.69, 9.17) is 0 Å². The van der Waals surface area contributed by atoms with Crippen LogP contribution in [0.15, 0.2) is 6.07 Å². The Balaban J connectivity index is 2.36. The summed E-state index contributed by atoms with van der Waals surface area (Å²) in [5, 5.41) is 11.9. The summed E-state index contributed by atoms with van der Waals surface area (Å²) in [6.45, 7) is 6.97. The molecule has 4 heteroatoms. The van der Waals surface area contributed by atoms with Crippen molar-refractivity contribution in [3.05, 3.63) is 17.0 Å². The molecule has 4 nitrogen and oxygen atoms in total. The van der Waals surface area contributed by atoms with Crippen molar-refractivity contribution < 1.29 is 4.85 Å². The highest BCUT2D eigenvalue weighted by atomic mass is 16.5. The molecule has 0 spiro atoms. The van der Waals surface area contributed by atoms with Crippen molar-refractivity contribution in [2.75, 3.05) is 18.0 Å². The molecule has 2 heterocycles. The number of nitrogens with zero attached hydrogens (tertiary/aromatic N) is 3. The van der Waals surface area contributed by atoms with Crippen molar-refractivity contribution in [3.8, 4) is 0 Å². The molecule has 84 valence electrons. The van der Waals surface area contributed by atoms with E-state index in [-0.39, 0.29) is 0 Å². The average Bonchev–Trinajstić information content (AvgIpc) is 2.84. The third-order valence-corrected chi connectivity index (χ3v) is 3.12. The number of hydrogen-bond donors (Lipinski definition) is 0. The smallest absolute Gasteiger partial charge is 0.223 e. The lowest BCUT2D eigenvalue weighted by Gasteiger charge is -2.16. The van der Waals surface area contributed by atoms with E-state index in [1.165, 1.54) is 12.8 Å². The lowest BCUT2D eigenvalue weighted by atomic mass is 10.3. The Morgan fingerprint density at radius 3 is 2.53 bits per heavy atom. The van der Waals surface area contributed by atoms with Gasteiger partial charge in [0.15, 0.2) is 5.82 Å². The van der Waals surface area contributed by atoms with Crippen molar-refractivity contribution in [3.63, 3.8) is 0 Å². The number of anilines is 1. The molecule has 0 aliphatic carbocycles. The van der Waals surface area contributed by atoms with Gasteiger partial charge in [-0.3, -0.25) is 0 Å². The van der Waals surface area contributed by atoms with Crippen molar-refractivity contribution in [1.82, 2.24) is 4.68 Å². The molecule has 0 amide bonds. The summed E-state index contributed by atoms with van der Waals surface area (Å²) < 4.78 is 1.82. The number of rotatable bonds is 3. The molecular weight excluding hydrogens is 190 g/mol. The molecule has 0 saturated carbocycles. The summed E-state index contributed by atoms with van der Waals surface area (Å²) >= 11 is 0. The van der Waals surface area contributed by atoms with Crippen LogP contribution in [0.5, 0.6) is 0 Å². The molecule has 0 atom stereocenters. The zero-order chi connectivity index (χ0) is 10.8. The van der Waals surface area contributed by atoms with E-state index in [0.29, 0.717) is 0 Å². The van der Waals surface area contributed by atoms with Crippen LogP contribution in [0.25, 0.3) is 0 Å². The predicted octanol–water partition coefficient (Wildman–Crippen LogP) is 1.30. The maximum absolute atomic E-state index is 11.9. The Labute approximate surface area is 90.7 Å². The van der Waals surface area contributed by atoms with Gasteiger partial charge in [-0.15, -0.1) is 4.68 Å². The summed E-state index contributed by atoms with van der Waals surface area (Å²) in [7, 11) is 0. The number of aryl methyl sites for hydroxylation is 1. The summed E-state index contributed by atoms with van der Waals surface area (Å²) in [5.41, 5.74) is 0.874. The quantitative estimate of drug-likeness (QED) is 0.555. The fraction of sp³-hybridized carbons (Fsp3) is 0.727. The van der Waals surface area contributed by atoms with Crippen LogP contribution >= 0.6 is 0 Å². The van der Waals surface area contributed by atoms with Crippen LogP contribution in [0, 0.1) is 5.21 Å². The highest BCUT2D eigenvalue weighted by Gasteiger charge is 2.22. The molecule has 0 unspecified atom stereocenters. The van der Waals surface area contributed by atoms with Crippen molar-refractivity contribution >= 4 is 5.82 Å². The zero-order valence-corrected chi connectivity index (χ0v) is 9.57. The Bertz CT molecular complexity index is 340. The Morgan fingerprint density at radius 1 is 1.33 bits per heavy atom. The first kappa shape index (κ1) is 10.3. The Morgan fingerprint density at radius 2 is 2.00 bits per heavy atom. The van der Waals surface area contributed by atoms with E-state index in [0.717, 1.165) is 42.4 Å². The van der Waals surface area contributed by atoms with Crippen LogP contribution in [0.3, 0.4) is 0 Å². The van der Waals surface area contributed by atoms with Crippen LogP contribution in [-0.4, -0.2) is 17.8 Å². The molecule has 0 bridgehead atoms. The third kappa shape index (κ3) is 1.68. The van der Waals surface area contributed by atoms with Gasteiger partial charge in [0.1, 0.15) is 0 Å². The number of aromatic nitrogens is 2. The molecule has 2 rings (SSSR count). The monoisotopic (exact) mass is 209 g/mol. The normalized spacial score (nSPS) is 16.3. The summed E-state index contributed by atoms with van der Waals surface area (Å²) in [5.74, 6) is 1.10. The van der Waals surface area contributed by atoms with Gasteiger partial charge in [0.05, 0.1) is 12.6 Å². The van der Waals surface area contributed by atoms with Gasteiger partial charge in [0.2, 0.25) is 5.69 Å². The van der Waals surface area contributed by atoms with Crippen LogP contribution in [0.1, 0.15) is 32.4 Å². The molecule has 1 aromatic rings. The first-order chi connectivity index (χ1) is 7.27. The van der Waals surface area contributed by atoms with Crippen LogP contribution in [0.2, 0.25) is 0 Å². The molecule has 1 aromatic heterocycles. The maximum atomic E-state index is 11.9. The van der Waals surface area contributed by atoms with Gasteiger partial charge in [0.25, 0.3) is 0 Å². The van der Waals surface area contributed by atoms with E-state index in [2.05, 4.69) is 4.90 Å². The molecule has 0 radical (unpaired) electrons. The standard InChI is InChI=1S/C11H19N3O/c1-3-10-9-11(12-7-5-6-8-12)13(4-2)14(10)15/h9H,3-8H2,1-2H3. The highest BCUT2D eigenvalue weighted by molar-refractivity contribution is 5.40. The van der Waals surface area contributed by atoms with Crippen LogP contribution in [0.4, 0.5) is 5.82 Å². The van der Waals surface area contributed by atoms with E-state index in [1.807, 2.05) is 24.6 Å². The molecule has 0 aromatic carbocycles. The Hall–Kier alpha value is -1.19. The minimum Gasteiger partial charge on any atom is -0.596 e. The van der Waals surface area contributed by atoms with Crippen LogP contribution in [-0.2, 0) is 13.0 Å². The van der Waals surface area contributed by atoms with Crippen molar-refractivity contribution in [2.24, 2.45) is 0 Å². The van der Waals surface area contributed by atoms with Crippen LogP contribution < -0.4 is 9.75 Å². The zero-order valence-electron chi connectivity index (χ0n) is 9.57. The van der Waals surface area contributed by atoms with Gasteiger partial charge in [-0.1, -0.05) is 11.8 Å². The Kier molecular flexibility index (Phi) is 2.84. The van der Waals surface area contributed by atoms with Gasteiger partial charge in [-0.05, 0) is 19.8 Å². The summed E-state index contributed by atoms with van der Waals surface area (Å²) in [4.78, 5) is 3.37. The van der Waals surface area contributed by atoms with Gasteiger partial charge < -0.3 is 10.1 Å². The second-order valence-electron chi connectivity index (χ2n) is 4.03. The molecule has 15 heavy (non-hydrogen) atoms. The van der Waals surface area contributed by atoms with Gasteiger partial charge in [0, 0.05) is 19.5 Å². The van der Waals surface area contributed by atoms with Gasteiger partial charge in [-0.2, -0.15) is 0 Å².